The van der Waals surface area contributed by atoms with Gasteiger partial charge in [0.05, 0.1) is 0 Å². The van der Waals surface area contributed by atoms with E-state index in [-0.39, 0.29) is 0 Å². The molecular formula is C13H18O2S. The SMILES string of the molecule is O=C(O)CCCCC=[SH]Cc1ccccc1. The van der Waals surface area contributed by atoms with Crippen LogP contribution in [0.2, 0.25) is 0 Å². The van der Waals surface area contributed by atoms with Crippen molar-refractivity contribution in [3.63, 3.8) is 0 Å². The second-order valence-corrected chi connectivity index (χ2v) is 4.69. The van der Waals surface area contributed by atoms with Crippen molar-refractivity contribution in [2.24, 2.45) is 0 Å². The third kappa shape index (κ3) is 6.40. The van der Waals surface area contributed by atoms with Crippen molar-refractivity contribution in [2.45, 2.75) is 31.4 Å². The van der Waals surface area contributed by atoms with E-state index in [9.17, 15) is 4.79 Å². The number of carboxylic acids is 1. The molecule has 2 nitrogen and oxygen atoms in total. The molecule has 0 spiro atoms. The lowest BCUT2D eigenvalue weighted by Crippen LogP contribution is -1.93. The second kappa shape index (κ2) is 8.11. The van der Waals surface area contributed by atoms with Crippen LogP contribution in [0.4, 0.5) is 0 Å². The van der Waals surface area contributed by atoms with E-state index < -0.39 is 5.97 Å². The van der Waals surface area contributed by atoms with Crippen molar-refractivity contribution in [3.8, 4) is 0 Å². The van der Waals surface area contributed by atoms with Gasteiger partial charge < -0.3 is 5.11 Å². The van der Waals surface area contributed by atoms with Gasteiger partial charge in [-0.25, -0.2) is 0 Å². The highest BCUT2D eigenvalue weighted by Crippen LogP contribution is 2.06. The van der Waals surface area contributed by atoms with Crippen LogP contribution in [0.5, 0.6) is 0 Å². The first-order valence-corrected chi connectivity index (χ1v) is 6.68. The molecule has 3 heteroatoms. The maximum atomic E-state index is 10.3. The number of unbranched alkanes of at least 4 members (excludes halogenated alkanes) is 2. The third-order valence-corrected chi connectivity index (χ3v) is 3.28. The van der Waals surface area contributed by atoms with Crippen LogP contribution in [0.15, 0.2) is 30.3 Å². The molecule has 0 bridgehead atoms. The molecule has 16 heavy (non-hydrogen) atoms. The van der Waals surface area contributed by atoms with Crippen molar-refractivity contribution >= 4 is 22.7 Å². The molecule has 1 aromatic rings. The highest BCUT2D eigenvalue weighted by Gasteiger charge is 1.94. The van der Waals surface area contributed by atoms with E-state index in [1.165, 1.54) is 16.9 Å². The molecule has 1 rings (SSSR count). The summed E-state index contributed by atoms with van der Waals surface area (Å²) in [5.41, 5.74) is 1.35. The van der Waals surface area contributed by atoms with Crippen LogP contribution in [-0.2, 0) is 10.5 Å². The Morgan fingerprint density at radius 2 is 2.00 bits per heavy atom. The predicted octanol–water partition coefficient (Wildman–Crippen LogP) is 3.10. The summed E-state index contributed by atoms with van der Waals surface area (Å²) in [4.78, 5) is 10.3. The summed E-state index contributed by atoms with van der Waals surface area (Å²) < 4.78 is 0. The summed E-state index contributed by atoms with van der Waals surface area (Å²) in [6, 6.07) is 10.4. The standard InChI is InChI=1S/C13H18O2S/c14-13(15)9-5-2-6-10-16-11-12-7-3-1-4-8-12/h1,3-4,7-8,10,16H,2,5-6,9,11H2,(H,14,15). The van der Waals surface area contributed by atoms with Crippen molar-refractivity contribution in [3.05, 3.63) is 35.9 Å². The molecule has 0 saturated heterocycles. The number of hydrogen-bond acceptors (Lipinski definition) is 1. The molecule has 0 aliphatic rings. The largest absolute Gasteiger partial charge is 0.481 e. The fraction of sp³-hybridized carbons (Fsp3) is 0.385. The molecular weight excluding hydrogens is 220 g/mol. The van der Waals surface area contributed by atoms with Gasteiger partial charge in [0.1, 0.15) is 0 Å². The third-order valence-electron chi connectivity index (χ3n) is 2.22. The Balaban J connectivity index is 2.07. The number of thiol groups is 1. The summed E-state index contributed by atoms with van der Waals surface area (Å²) in [6.45, 7) is 0. The molecule has 0 aliphatic carbocycles. The Morgan fingerprint density at radius 3 is 2.69 bits per heavy atom. The lowest BCUT2D eigenvalue weighted by Gasteiger charge is -1.95. The Kier molecular flexibility index (Phi) is 6.58. The fourth-order valence-electron chi connectivity index (χ4n) is 1.36. The molecule has 0 amide bonds. The average molecular weight is 238 g/mol. The van der Waals surface area contributed by atoms with Gasteiger partial charge in [0, 0.05) is 12.2 Å². The number of aliphatic carboxylic acids is 1. The molecule has 0 unspecified atom stereocenters. The zero-order valence-corrected chi connectivity index (χ0v) is 10.2. The molecule has 0 radical (unpaired) electrons. The van der Waals surface area contributed by atoms with Crippen LogP contribution >= 0.6 is 11.4 Å². The van der Waals surface area contributed by atoms with E-state index in [0.29, 0.717) is 6.42 Å². The van der Waals surface area contributed by atoms with Crippen molar-refractivity contribution in [1.29, 1.82) is 0 Å². The zero-order chi connectivity index (χ0) is 11.6. The minimum Gasteiger partial charge on any atom is -0.481 e. The van der Waals surface area contributed by atoms with E-state index in [1.54, 1.807) is 0 Å². The maximum Gasteiger partial charge on any atom is 0.303 e. The highest BCUT2D eigenvalue weighted by molar-refractivity contribution is 7.96. The molecule has 1 aromatic carbocycles. The number of carbonyl (C=O) groups is 1. The average Bonchev–Trinajstić information content (AvgIpc) is 2.29. The lowest BCUT2D eigenvalue weighted by atomic mass is 10.2. The Hall–Kier alpha value is -1.09. The first kappa shape index (κ1) is 13.0. The van der Waals surface area contributed by atoms with Crippen molar-refractivity contribution < 1.29 is 9.90 Å². The molecule has 0 atom stereocenters. The van der Waals surface area contributed by atoms with Gasteiger partial charge in [-0.2, -0.15) is 11.4 Å². The summed E-state index contributed by atoms with van der Waals surface area (Å²) in [5, 5.41) is 10.7. The summed E-state index contributed by atoms with van der Waals surface area (Å²) in [5.74, 6) is 0.363. The van der Waals surface area contributed by atoms with E-state index in [2.05, 4.69) is 29.6 Å². The molecule has 0 saturated carbocycles. The molecule has 0 heterocycles. The molecule has 1 N–H and O–H groups in total. The summed E-state index contributed by atoms with van der Waals surface area (Å²) in [7, 11) is 0. The van der Waals surface area contributed by atoms with Gasteiger partial charge >= 0.3 is 5.97 Å². The number of hydrogen-bond donors (Lipinski definition) is 2. The van der Waals surface area contributed by atoms with Crippen LogP contribution in [0.25, 0.3) is 0 Å². The van der Waals surface area contributed by atoms with Gasteiger partial charge in [0.2, 0.25) is 0 Å². The lowest BCUT2D eigenvalue weighted by molar-refractivity contribution is -0.137. The van der Waals surface area contributed by atoms with Crippen molar-refractivity contribution in [2.75, 3.05) is 0 Å². The first-order chi connectivity index (χ1) is 7.79. The van der Waals surface area contributed by atoms with Gasteiger partial charge in [-0.05, 0) is 24.8 Å². The second-order valence-electron chi connectivity index (χ2n) is 3.65. The van der Waals surface area contributed by atoms with E-state index >= 15 is 0 Å². The molecule has 0 aromatic heterocycles. The van der Waals surface area contributed by atoms with Gasteiger partial charge in [-0.15, -0.1) is 0 Å². The van der Waals surface area contributed by atoms with Crippen LogP contribution < -0.4 is 0 Å². The predicted molar refractivity (Wildman–Crippen MR) is 71.3 cm³/mol. The van der Waals surface area contributed by atoms with Gasteiger partial charge in [0.15, 0.2) is 0 Å². The molecule has 88 valence electrons. The first-order valence-electron chi connectivity index (χ1n) is 5.53. The van der Waals surface area contributed by atoms with Crippen LogP contribution in [-0.4, -0.2) is 16.4 Å². The van der Waals surface area contributed by atoms with E-state index in [4.69, 9.17) is 5.11 Å². The summed E-state index contributed by atoms with van der Waals surface area (Å²) >= 11 is 1.32. The van der Waals surface area contributed by atoms with Crippen LogP contribution in [0.1, 0.15) is 31.2 Å². The Morgan fingerprint density at radius 1 is 1.25 bits per heavy atom. The maximum absolute atomic E-state index is 10.3. The zero-order valence-electron chi connectivity index (χ0n) is 9.30. The topological polar surface area (TPSA) is 37.3 Å². The number of carboxylic acid groups (broad SMARTS) is 1. The van der Waals surface area contributed by atoms with Crippen molar-refractivity contribution in [1.82, 2.24) is 0 Å². The van der Waals surface area contributed by atoms with Gasteiger partial charge in [0.25, 0.3) is 0 Å². The van der Waals surface area contributed by atoms with Gasteiger partial charge in [-0.1, -0.05) is 35.7 Å². The Bertz CT molecular complexity index is 333. The quantitative estimate of drug-likeness (QED) is 0.435. The monoisotopic (exact) mass is 238 g/mol. The van der Waals surface area contributed by atoms with Crippen LogP contribution in [0, 0.1) is 0 Å². The fourth-order valence-corrected chi connectivity index (χ4v) is 2.27. The Labute approximate surface area is 100 Å². The van der Waals surface area contributed by atoms with Gasteiger partial charge in [-0.3, -0.25) is 4.79 Å². The van der Waals surface area contributed by atoms with Crippen LogP contribution in [0.3, 0.4) is 0 Å². The van der Waals surface area contributed by atoms with E-state index in [1.807, 2.05) is 6.07 Å². The normalized spacial score (nSPS) is 11.2. The molecule has 0 aliphatic heterocycles. The number of rotatable bonds is 7. The smallest absolute Gasteiger partial charge is 0.303 e. The summed E-state index contributed by atoms with van der Waals surface area (Å²) in [6.07, 6.45) is 3.08. The molecule has 0 fully saturated rings. The number of benzene rings is 1. The minimum absolute atomic E-state index is 0.295. The minimum atomic E-state index is -0.693. The highest BCUT2D eigenvalue weighted by atomic mass is 32.1. The van der Waals surface area contributed by atoms with E-state index in [0.717, 1.165) is 25.0 Å².